The van der Waals surface area contributed by atoms with Gasteiger partial charge in [-0.15, -0.1) is 0 Å². The minimum absolute atomic E-state index is 0.111. The van der Waals surface area contributed by atoms with Crippen LogP contribution in [-0.4, -0.2) is 11.1 Å². The van der Waals surface area contributed by atoms with Gasteiger partial charge in [-0.3, -0.25) is 4.79 Å². The maximum atomic E-state index is 11.4. The predicted octanol–water partition coefficient (Wildman–Crippen LogP) is 3.33. The van der Waals surface area contributed by atoms with Gasteiger partial charge < -0.3 is 5.11 Å². The second kappa shape index (κ2) is 3.88. The van der Waals surface area contributed by atoms with Crippen molar-refractivity contribution in [2.24, 2.45) is 17.8 Å². The number of rotatable bonds is 2. The van der Waals surface area contributed by atoms with Gasteiger partial charge in [-0.1, -0.05) is 35.9 Å². The first-order valence-corrected chi connectivity index (χ1v) is 6.21. The molecule has 0 saturated heterocycles. The number of carbonyl (C=O) groups is 1. The summed E-state index contributed by atoms with van der Waals surface area (Å²) >= 11 is 5.87. The van der Waals surface area contributed by atoms with E-state index in [1.165, 1.54) is 0 Å². The van der Waals surface area contributed by atoms with Gasteiger partial charge in [0.1, 0.15) is 0 Å². The molecule has 1 saturated carbocycles. The lowest BCUT2D eigenvalue weighted by molar-refractivity contribution is -0.143. The van der Waals surface area contributed by atoms with Gasteiger partial charge in [-0.05, 0) is 36.0 Å². The lowest BCUT2D eigenvalue weighted by atomic mass is 9.78. The van der Waals surface area contributed by atoms with Crippen molar-refractivity contribution in [2.45, 2.75) is 12.3 Å². The van der Waals surface area contributed by atoms with Gasteiger partial charge in [-0.2, -0.15) is 0 Å². The summed E-state index contributed by atoms with van der Waals surface area (Å²) in [5.41, 5.74) is 1.10. The van der Waals surface area contributed by atoms with Crippen LogP contribution in [0.5, 0.6) is 0 Å². The Morgan fingerprint density at radius 3 is 2.47 bits per heavy atom. The van der Waals surface area contributed by atoms with Gasteiger partial charge in [0.05, 0.1) is 5.92 Å². The molecule has 2 nitrogen and oxygen atoms in total. The average Bonchev–Trinajstić information content (AvgIpc) is 2.89. The Kier molecular flexibility index (Phi) is 2.48. The van der Waals surface area contributed by atoms with Crippen LogP contribution in [-0.2, 0) is 4.79 Å². The summed E-state index contributed by atoms with van der Waals surface area (Å²) in [4.78, 5) is 11.4. The van der Waals surface area contributed by atoms with Crippen molar-refractivity contribution in [1.29, 1.82) is 0 Å². The molecular formula is C14H13ClO2. The molecule has 2 aliphatic carbocycles. The molecule has 0 spiro atoms. The van der Waals surface area contributed by atoms with E-state index in [9.17, 15) is 9.90 Å². The maximum absolute atomic E-state index is 11.4. The van der Waals surface area contributed by atoms with Crippen molar-refractivity contribution in [3.8, 4) is 0 Å². The Morgan fingerprint density at radius 1 is 1.18 bits per heavy atom. The molecule has 0 aliphatic heterocycles. The van der Waals surface area contributed by atoms with Crippen LogP contribution in [0.4, 0.5) is 0 Å². The molecule has 1 N–H and O–H groups in total. The minimum Gasteiger partial charge on any atom is -0.481 e. The molecule has 0 radical (unpaired) electrons. The summed E-state index contributed by atoms with van der Waals surface area (Å²) in [6.07, 6.45) is 5.21. The summed E-state index contributed by atoms with van der Waals surface area (Å²) in [6, 6.07) is 7.59. The normalized spacial score (nSPS) is 34.2. The summed E-state index contributed by atoms with van der Waals surface area (Å²) in [7, 11) is 0. The molecular weight excluding hydrogens is 236 g/mol. The van der Waals surface area contributed by atoms with Gasteiger partial charge in [-0.25, -0.2) is 0 Å². The van der Waals surface area contributed by atoms with Crippen molar-refractivity contribution in [3.05, 3.63) is 47.0 Å². The monoisotopic (exact) mass is 248 g/mol. The lowest BCUT2D eigenvalue weighted by Gasteiger charge is -2.25. The number of hydrogen-bond donors (Lipinski definition) is 1. The van der Waals surface area contributed by atoms with Gasteiger partial charge >= 0.3 is 5.97 Å². The van der Waals surface area contributed by atoms with Crippen molar-refractivity contribution < 1.29 is 9.90 Å². The predicted molar refractivity (Wildman–Crippen MR) is 66.1 cm³/mol. The highest BCUT2D eigenvalue weighted by molar-refractivity contribution is 6.30. The number of carboxylic acids is 1. The van der Waals surface area contributed by atoms with Crippen LogP contribution in [0.2, 0.25) is 5.02 Å². The molecule has 3 rings (SSSR count). The van der Waals surface area contributed by atoms with Crippen molar-refractivity contribution in [3.63, 3.8) is 0 Å². The number of fused-ring (bicyclic) bond motifs is 2. The Balaban J connectivity index is 1.99. The number of hydrogen-bond acceptors (Lipinski definition) is 1. The molecule has 0 unspecified atom stereocenters. The number of halogens is 1. The Labute approximate surface area is 105 Å². The van der Waals surface area contributed by atoms with E-state index in [0.717, 1.165) is 12.0 Å². The van der Waals surface area contributed by atoms with Crippen molar-refractivity contribution in [2.75, 3.05) is 0 Å². The number of aliphatic carboxylic acids is 1. The third kappa shape index (κ3) is 1.67. The van der Waals surface area contributed by atoms with E-state index < -0.39 is 5.97 Å². The van der Waals surface area contributed by atoms with Gasteiger partial charge in [0.25, 0.3) is 0 Å². The third-order valence-electron chi connectivity index (χ3n) is 4.00. The Bertz CT molecular complexity index is 478. The first-order valence-electron chi connectivity index (χ1n) is 5.83. The zero-order valence-electron chi connectivity index (χ0n) is 9.21. The molecule has 1 aromatic rings. The number of carboxylic acid groups (broad SMARTS) is 1. The lowest BCUT2D eigenvalue weighted by Crippen LogP contribution is -2.25. The molecule has 4 atom stereocenters. The molecule has 2 bridgehead atoms. The van der Waals surface area contributed by atoms with Crippen LogP contribution >= 0.6 is 11.6 Å². The van der Waals surface area contributed by atoms with Crippen molar-refractivity contribution in [1.82, 2.24) is 0 Å². The second-order valence-corrected chi connectivity index (χ2v) is 5.33. The van der Waals surface area contributed by atoms with Crippen LogP contribution in [0.1, 0.15) is 17.9 Å². The van der Waals surface area contributed by atoms with Crippen LogP contribution in [0.15, 0.2) is 36.4 Å². The number of allylic oxidation sites excluding steroid dienone is 2. The SMILES string of the molecule is O=C(O)[C@@H]1[C@@H](c2ccc(Cl)cc2)[C@H]2C=C[C@@H]1C2. The standard InChI is InChI=1S/C14H13ClO2/c15-11-5-3-8(4-6-11)12-9-1-2-10(7-9)13(12)14(16)17/h1-6,9-10,12-13H,7H2,(H,16,17)/t9-,10+,12-,13-/m0/s1. The topological polar surface area (TPSA) is 37.3 Å². The highest BCUT2D eigenvalue weighted by Gasteiger charge is 2.48. The fraction of sp³-hybridized carbons (Fsp3) is 0.357. The van der Waals surface area contributed by atoms with Crippen LogP contribution in [0.25, 0.3) is 0 Å². The number of benzene rings is 1. The van der Waals surface area contributed by atoms with Gasteiger partial charge in [0.15, 0.2) is 0 Å². The Morgan fingerprint density at radius 2 is 1.82 bits per heavy atom. The highest BCUT2D eigenvalue weighted by atomic mass is 35.5. The van der Waals surface area contributed by atoms with Crippen LogP contribution in [0, 0.1) is 17.8 Å². The molecule has 1 aromatic carbocycles. The third-order valence-corrected chi connectivity index (χ3v) is 4.25. The zero-order chi connectivity index (χ0) is 12.0. The summed E-state index contributed by atoms with van der Waals surface area (Å²) in [6.45, 7) is 0. The summed E-state index contributed by atoms with van der Waals surface area (Å²) in [5.74, 6) is -0.256. The minimum atomic E-state index is -0.679. The molecule has 2 aliphatic rings. The maximum Gasteiger partial charge on any atom is 0.307 e. The van der Waals surface area contributed by atoms with E-state index in [0.29, 0.717) is 10.9 Å². The van der Waals surface area contributed by atoms with E-state index >= 15 is 0 Å². The fourth-order valence-electron chi connectivity index (χ4n) is 3.30. The fourth-order valence-corrected chi connectivity index (χ4v) is 3.42. The zero-order valence-corrected chi connectivity index (χ0v) is 9.97. The summed E-state index contributed by atoms with van der Waals surface area (Å²) < 4.78 is 0. The molecule has 0 aromatic heterocycles. The smallest absolute Gasteiger partial charge is 0.307 e. The first-order chi connectivity index (χ1) is 8.16. The molecule has 3 heteroatoms. The van der Waals surface area contributed by atoms with E-state index in [2.05, 4.69) is 12.2 Å². The van der Waals surface area contributed by atoms with E-state index in [1.54, 1.807) is 0 Å². The van der Waals surface area contributed by atoms with Gasteiger partial charge in [0.2, 0.25) is 0 Å². The molecule has 1 fully saturated rings. The van der Waals surface area contributed by atoms with E-state index in [4.69, 9.17) is 11.6 Å². The molecule has 0 amide bonds. The second-order valence-electron chi connectivity index (χ2n) is 4.89. The quantitative estimate of drug-likeness (QED) is 0.815. The molecule has 17 heavy (non-hydrogen) atoms. The summed E-state index contributed by atoms with van der Waals surface area (Å²) in [5, 5.41) is 10.1. The Hall–Kier alpha value is -1.28. The van der Waals surface area contributed by atoms with Crippen molar-refractivity contribution >= 4 is 17.6 Å². The van der Waals surface area contributed by atoms with Gasteiger partial charge in [0, 0.05) is 10.9 Å². The molecule has 88 valence electrons. The first kappa shape index (κ1) is 10.8. The van der Waals surface area contributed by atoms with Crippen LogP contribution in [0.3, 0.4) is 0 Å². The average molecular weight is 249 g/mol. The van der Waals surface area contributed by atoms with E-state index in [1.807, 2.05) is 24.3 Å². The molecule has 0 heterocycles. The highest BCUT2D eigenvalue weighted by Crippen LogP contribution is 2.53. The van der Waals surface area contributed by atoms with Crippen LogP contribution < -0.4 is 0 Å². The van der Waals surface area contributed by atoms with E-state index in [-0.39, 0.29) is 17.8 Å². The largest absolute Gasteiger partial charge is 0.481 e.